The van der Waals surface area contributed by atoms with Crippen LogP contribution in [0.25, 0.3) is 10.8 Å². The van der Waals surface area contributed by atoms with Crippen molar-refractivity contribution in [1.29, 1.82) is 0 Å². The van der Waals surface area contributed by atoms with Gasteiger partial charge in [0.15, 0.2) is 0 Å². The molecule has 0 aliphatic rings. The van der Waals surface area contributed by atoms with Crippen LogP contribution in [0.1, 0.15) is 17.2 Å². The van der Waals surface area contributed by atoms with Crippen LogP contribution in [0.4, 0.5) is 0 Å². The molecule has 1 atom stereocenters. The molecule has 2 aromatic carbocycles. The van der Waals surface area contributed by atoms with Crippen LogP contribution >= 0.6 is 0 Å². The van der Waals surface area contributed by atoms with E-state index in [1.165, 1.54) is 21.9 Å². The SMILES string of the molecule is Cn1cc(CC(N)c2cccc3ccccc23)cn1. The number of aryl methyl sites for hydroxylation is 1. The highest BCUT2D eigenvalue weighted by atomic mass is 15.2. The topological polar surface area (TPSA) is 43.8 Å². The number of rotatable bonds is 3. The monoisotopic (exact) mass is 251 g/mol. The lowest BCUT2D eigenvalue weighted by molar-refractivity contribution is 0.725. The van der Waals surface area contributed by atoms with E-state index in [1.54, 1.807) is 0 Å². The Morgan fingerprint density at radius 2 is 1.95 bits per heavy atom. The minimum Gasteiger partial charge on any atom is -0.324 e. The molecule has 1 aromatic heterocycles. The second-order valence-electron chi connectivity index (χ2n) is 4.90. The maximum atomic E-state index is 6.37. The Kier molecular flexibility index (Phi) is 3.05. The average molecular weight is 251 g/mol. The Morgan fingerprint density at radius 1 is 1.16 bits per heavy atom. The molecule has 3 aromatic rings. The Balaban J connectivity index is 1.95. The van der Waals surface area contributed by atoms with Crippen molar-refractivity contribution < 1.29 is 0 Å². The van der Waals surface area contributed by atoms with Gasteiger partial charge in [-0.2, -0.15) is 5.10 Å². The first-order valence-electron chi connectivity index (χ1n) is 6.45. The van der Waals surface area contributed by atoms with Crippen molar-refractivity contribution in [3.8, 4) is 0 Å². The first-order valence-corrected chi connectivity index (χ1v) is 6.45. The minimum absolute atomic E-state index is 0.00435. The minimum atomic E-state index is -0.00435. The molecule has 96 valence electrons. The molecule has 0 saturated carbocycles. The predicted molar refractivity (Wildman–Crippen MR) is 77.8 cm³/mol. The van der Waals surface area contributed by atoms with E-state index in [9.17, 15) is 0 Å². The molecule has 3 nitrogen and oxygen atoms in total. The summed E-state index contributed by atoms with van der Waals surface area (Å²) in [5.74, 6) is 0. The van der Waals surface area contributed by atoms with Gasteiger partial charge in [0.25, 0.3) is 0 Å². The Labute approximate surface area is 112 Å². The Morgan fingerprint density at radius 3 is 2.74 bits per heavy atom. The van der Waals surface area contributed by atoms with Crippen LogP contribution in [0, 0.1) is 0 Å². The zero-order valence-corrected chi connectivity index (χ0v) is 11.0. The summed E-state index contributed by atoms with van der Waals surface area (Å²) in [7, 11) is 1.92. The molecular formula is C16H17N3. The molecule has 0 aliphatic heterocycles. The lowest BCUT2D eigenvalue weighted by atomic mass is 9.96. The van der Waals surface area contributed by atoms with Gasteiger partial charge < -0.3 is 5.73 Å². The number of fused-ring (bicyclic) bond motifs is 1. The summed E-state index contributed by atoms with van der Waals surface area (Å²) in [5, 5.41) is 6.66. The summed E-state index contributed by atoms with van der Waals surface area (Å²) >= 11 is 0. The van der Waals surface area contributed by atoms with Crippen molar-refractivity contribution in [2.24, 2.45) is 12.8 Å². The standard InChI is InChI=1S/C16H17N3/c1-19-11-12(10-18-19)9-16(17)15-8-4-6-13-5-2-3-7-14(13)15/h2-8,10-11,16H,9,17H2,1H3. The van der Waals surface area contributed by atoms with Crippen LogP contribution in [0.5, 0.6) is 0 Å². The van der Waals surface area contributed by atoms with Gasteiger partial charge in [-0.25, -0.2) is 0 Å². The van der Waals surface area contributed by atoms with Crippen LogP contribution in [0.2, 0.25) is 0 Å². The number of nitrogens with two attached hydrogens (primary N) is 1. The summed E-state index contributed by atoms with van der Waals surface area (Å²) in [6.45, 7) is 0. The van der Waals surface area contributed by atoms with Crippen molar-refractivity contribution in [2.45, 2.75) is 12.5 Å². The van der Waals surface area contributed by atoms with Gasteiger partial charge in [-0.1, -0.05) is 42.5 Å². The summed E-state index contributed by atoms with van der Waals surface area (Å²) in [6, 6.07) is 14.7. The fourth-order valence-electron chi connectivity index (χ4n) is 2.51. The predicted octanol–water partition coefficient (Wildman–Crippen LogP) is 2.82. The van der Waals surface area contributed by atoms with Crippen LogP contribution in [0.3, 0.4) is 0 Å². The molecule has 3 rings (SSSR count). The van der Waals surface area contributed by atoms with Gasteiger partial charge >= 0.3 is 0 Å². The second-order valence-corrected chi connectivity index (χ2v) is 4.90. The summed E-state index contributed by atoms with van der Waals surface area (Å²) in [6.07, 6.45) is 4.71. The molecule has 2 N–H and O–H groups in total. The van der Waals surface area contributed by atoms with Crippen molar-refractivity contribution in [1.82, 2.24) is 9.78 Å². The van der Waals surface area contributed by atoms with E-state index < -0.39 is 0 Å². The number of hydrogen-bond donors (Lipinski definition) is 1. The van der Waals surface area contributed by atoms with E-state index >= 15 is 0 Å². The van der Waals surface area contributed by atoms with Crippen LogP contribution in [-0.4, -0.2) is 9.78 Å². The summed E-state index contributed by atoms with van der Waals surface area (Å²) in [5.41, 5.74) is 8.73. The first-order chi connectivity index (χ1) is 9.24. The van der Waals surface area contributed by atoms with Gasteiger partial charge in [0.05, 0.1) is 6.20 Å². The lowest BCUT2D eigenvalue weighted by Crippen LogP contribution is -2.13. The maximum absolute atomic E-state index is 6.37. The van der Waals surface area contributed by atoms with E-state index in [-0.39, 0.29) is 6.04 Å². The molecule has 0 saturated heterocycles. The first kappa shape index (κ1) is 11.9. The summed E-state index contributed by atoms with van der Waals surface area (Å²) in [4.78, 5) is 0. The third-order valence-electron chi connectivity index (χ3n) is 3.44. The second kappa shape index (κ2) is 4.86. The normalized spacial score (nSPS) is 12.7. The van der Waals surface area contributed by atoms with E-state index in [0.717, 1.165) is 6.42 Å². The van der Waals surface area contributed by atoms with Crippen molar-refractivity contribution >= 4 is 10.8 Å². The highest BCUT2D eigenvalue weighted by Crippen LogP contribution is 2.25. The third kappa shape index (κ3) is 2.37. The van der Waals surface area contributed by atoms with Crippen molar-refractivity contribution in [3.63, 3.8) is 0 Å². The van der Waals surface area contributed by atoms with E-state index in [1.807, 2.05) is 24.1 Å². The molecule has 0 aliphatic carbocycles. The van der Waals surface area contributed by atoms with Crippen LogP contribution in [-0.2, 0) is 13.5 Å². The maximum Gasteiger partial charge on any atom is 0.0522 e. The Hall–Kier alpha value is -2.13. The largest absolute Gasteiger partial charge is 0.324 e. The van der Waals surface area contributed by atoms with Gasteiger partial charge in [0.1, 0.15) is 0 Å². The van der Waals surface area contributed by atoms with Gasteiger partial charge in [-0.3, -0.25) is 4.68 Å². The smallest absolute Gasteiger partial charge is 0.0522 e. The molecule has 0 radical (unpaired) electrons. The molecule has 1 heterocycles. The Bertz CT molecular complexity index is 695. The molecule has 3 heteroatoms. The third-order valence-corrected chi connectivity index (χ3v) is 3.44. The highest BCUT2D eigenvalue weighted by Gasteiger charge is 2.11. The van der Waals surface area contributed by atoms with Crippen LogP contribution < -0.4 is 5.73 Å². The quantitative estimate of drug-likeness (QED) is 0.778. The highest BCUT2D eigenvalue weighted by molar-refractivity contribution is 5.86. The van der Waals surface area contributed by atoms with E-state index in [2.05, 4.69) is 47.6 Å². The number of aromatic nitrogens is 2. The van der Waals surface area contributed by atoms with Crippen LogP contribution in [0.15, 0.2) is 54.9 Å². The molecule has 0 spiro atoms. The van der Waals surface area contributed by atoms with Crippen molar-refractivity contribution in [2.75, 3.05) is 0 Å². The number of hydrogen-bond acceptors (Lipinski definition) is 2. The van der Waals surface area contributed by atoms with Gasteiger partial charge in [0, 0.05) is 19.3 Å². The lowest BCUT2D eigenvalue weighted by Gasteiger charge is -2.13. The molecule has 0 bridgehead atoms. The van der Waals surface area contributed by atoms with Crippen molar-refractivity contribution in [3.05, 3.63) is 66.0 Å². The molecule has 0 fully saturated rings. The van der Waals surface area contributed by atoms with E-state index in [4.69, 9.17) is 5.73 Å². The van der Waals surface area contributed by atoms with Gasteiger partial charge in [-0.15, -0.1) is 0 Å². The number of nitrogens with zero attached hydrogens (tertiary/aromatic N) is 2. The average Bonchev–Trinajstić information content (AvgIpc) is 2.83. The fourth-order valence-corrected chi connectivity index (χ4v) is 2.51. The van der Waals surface area contributed by atoms with Gasteiger partial charge in [-0.05, 0) is 28.3 Å². The molecular weight excluding hydrogens is 234 g/mol. The number of benzene rings is 2. The molecule has 0 amide bonds. The summed E-state index contributed by atoms with van der Waals surface area (Å²) < 4.78 is 1.81. The van der Waals surface area contributed by atoms with E-state index in [0.29, 0.717) is 0 Å². The zero-order chi connectivity index (χ0) is 13.2. The van der Waals surface area contributed by atoms with Gasteiger partial charge in [0.2, 0.25) is 0 Å². The molecule has 19 heavy (non-hydrogen) atoms. The fraction of sp³-hybridized carbons (Fsp3) is 0.188. The molecule has 1 unspecified atom stereocenters. The zero-order valence-electron chi connectivity index (χ0n) is 11.0.